The van der Waals surface area contributed by atoms with Gasteiger partial charge in [-0.1, -0.05) is 37.3 Å². The van der Waals surface area contributed by atoms with E-state index in [1.165, 1.54) is 4.88 Å². The van der Waals surface area contributed by atoms with E-state index >= 15 is 0 Å². The molecule has 0 saturated carbocycles. The van der Waals surface area contributed by atoms with Crippen LogP contribution in [0.3, 0.4) is 0 Å². The first kappa shape index (κ1) is 13.9. The molecule has 0 bridgehead atoms. The van der Waals surface area contributed by atoms with E-state index in [0.29, 0.717) is 5.92 Å². The van der Waals surface area contributed by atoms with Crippen LogP contribution in [0.15, 0.2) is 24.3 Å². The Hall–Kier alpha value is -1.55. The summed E-state index contributed by atoms with van der Waals surface area (Å²) in [7, 11) is 1.89. The average Bonchev–Trinajstić information content (AvgIpc) is 2.78. The van der Waals surface area contributed by atoms with Crippen molar-refractivity contribution >= 4 is 16.5 Å². The van der Waals surface area contributed by atoms with Crippen molar-refractivity contribution in [3.05, 3.63) is 30.0 Å². The number of hydrogen-bond donors (Lipinski definition) is 1. The van der Waals surface area contributed by atoms with Crippen LogP contribution in [-0.4, -0.2) is 18.6 Å². The Morgan fingerprint density at radius 2 is 2.16 bits per heavy atom. The highest BCUT2D eigenvalue weighted by Crippen LogP contribution is 2.34. The van der Waals surface area contributed by atoms with Gasteiger partial charge in [-0.15, -0.1) is 0 Å². The molecule has 1 aromatic heterocycles. The molecule has 0 atom stereocenters. The number of hydrogen-bond acceptors (Lipinski definition) is 4. The largest absolute Gasteiger partial charge is 0.493 e. The number of rotatable bonds is 5. The summed E-state index contributed by atoms with van der Waals surface area (Å²) < 4.78 is 5.77. The molecule has 2 rings (SSSR count). The van der Waals surface area contributed by atoms with Crippen molar-refractivity contribution in [3.63, 3.8) is 0 Å². The van der Waals surface area contributed by atoms with Crippen molar-refractivity contribution < 1.29 is 4.74 Å². The lowest BCUT2D eigenvalue weighted by molar-refractivity contribution is 0.271. The van der Waals surface area contributed by atoms with Gasteiger partial charge in [0.2, 0.25) is 0 Å². The number of ether oxygens (including phenoxy) is 1. The predicted molar refractivity (Wildman–Crippen MR) is 82.2 cm³/mol. The minimum Gasteiger partial charge on any atom is -0.493 e. The third kappa shape index (κ3) is 3.47. The zero-order chi connectivity index (χ0) is 13.8. The van der Waals surface area contributed by atoms with Crippen LogP contribution in [0.1, 0.15) is 19.5 Å². The summed E-state index contributed by atoms with van der Waals surface area (Å²) in [5.74, 6) is 1.45. The molecule has 4 heteroatoms. The maximum absolute atomic E-state index is 5.77. The summed E-state index contributed by atoms with van der Waals surface area (Å²) in [6, 6.07) is 8.22. The Bertz CT molecular complexity index is 549. The highest BCUT2D eigenvalue weighted by Gasteiger charge is 2.09. The first-order valence-electron chi connectivity index (χ1n) is 6.48. The van der Waals surface area contributed by atoms with E-state index in [0.717, 1.165) is 28.7 Å². The van der Waals surface area contributed by atoms with Crippen molar-refractivity contribution in [3.8, 4) is 16.2 Å². The molecule has 3 nitrogen and oxygen atoms in total. The molecule has 0 amide bonds. The number of nitrogens with zero attached hydrogens (tertiary/aromatic N) is 1. The second-order valence-electron chi connectivity index (χ2n) is 4.92. The highest BCUT2D eigenvalue weighted by atomic mass is 32.1. The van der Waals surface area contributed by atoms with Gasteiger partial charge in [0.25, 0.3) is 0 Å². The van der Waals surface area contributed by atoms with Crippen LogP contribution in [0.25, 0.3) is 10.4 Å². The van der Waals surface area contributed by atoms with Gasteiger partial charge in [-0.05, 0) is 30.5 Å². The van der Waals surface area contributed by atoms with Gasteiger partial charge in [-0.25, -0.2) is 4.98 Å². The van der Waals surface area contributed by atoms with E-state index in [1.807, 2.05) is 26.1 Å². The lowest BCUT2D eigenvalue weighted by atomic mass is 10.1. The molecule has 19 heavy (non-hydrogen) atoms. The summed E-state index contributed by atoms with van der Waals surface area (Å²) in [4.78, 5) is 5.67. The SMILES string of the molecule is CNc1nc(C)c(-c2cccc(OCC(C)C)c2)s1. The number of benzene rings is 1. The monoisotopic (exact) mass is 276 g/mol. The fraction of sp³-hybridized carbons (Fsp3) is 0.400. The van der Waals surface area contributed by atoms with Crippen molar-refractivity contribution in [2.75, 3.05) is 19.0 Å². The molecule has 0 radical (unpaired) electrons. The molecule has 1 aromatic carbocycles. The van der Waals surface area contributed by atoms with Gasteiger partial charge in [-0.3, -0.25) is 0 Å². The zero-order valence-electron chi connectivity index (χ0n) is 11.9. The van der Waals surface area contributed by atoms with E-state index < -0.39 is 0 Å². The van der Waals surface area contributed by atoms with Crippen LogP contribution in [-0.2, 0) is 0 Å². The summed E-state index contributed by atoms with van der Waals surface area (Å²) in [5.41, 5.74) is 2.22. The first-order chi connectivity index (χ1) is 9.10. The van der Waals surface area contributed by atoms with Crippen LogP contribution < -0.4 is 10.1 Å². The fourth-order valence-corrected chi connectivity index (χ4v) is 2.68. The molecular formula is C15H20N2OS. The van der Waals surface area contributed by atoms with Gasteiger partial charge in [-0.2, -0.15) is 0 Å². The van der Waals surface area contributed by atoms with Gasteiger partial charge in [0.15, 0.2) is 5.13 Å². The summed E-state index contributed by atoms with van der Waals surface area (Å²) in [5, 5.41) is 4.03. The molecular weight excluding hydrogens is 256 g/mol. The van der Waals surface area contributed by atoms with E-state index in [2.05, 4.69) is 36.3 Å². The summed E-state index contributed by atoms with van der Waals surface area (Å²) in [6.45, 7) is 7.08. The number of nitrogens with one attached hydrogen (secondary N) is 1. The van der Waals surface area contributed by atoms with E-state index in [4.69, 9.17) is 4.74 Å². The molecule has 0 unspecified atom stereocenters. The van der Waals surface area contributed by atoms with Crippen molar-refractivity contribution in [2.45, 2.75) is 20.8 Å². The number of aromatic nitrogens is 1. The Morgan fingerprint density at radius 1 is 1.37 bits per heavy atom. The smallest absolute Gasteiger partial charge is 0.183 e. The molecule has 0 spiro atoms. The van der Waals surface area contributed by atoms with Crippen LogP contribution in [0.5, 0.6) is 5.75 Å². The quantitative estimate of drug-likeness (QED) is 0.889. The number of aryl methyl sites for hydroxylation is 1. The summed E-state index contributed by atoms with van der Waals surface area (Å²) in [6.07, 6.45) is 0. The van der Waals surface area contributed by atoms with Crippen molar-refractivity contribution in [1.29, 1.82) is 0 Å². The van der Waals surface area contributed by atoms with Crippen LogP contribution >= 0.6 is 11.3 Å². The minimum atomic E-state index is 0.532. The second-order valence-corrected chi connectivity index (χ2v) is 5.92. The Balaban J connectivity index is 2.24. The van der Waals surface area contributed by atoms with Gasteiger partial charge in [0.1, 0.15) is 5.75 Å². The molecule has 1 heterocycles. The molecule has 2 aromatic rings. The first-order valence-corrected chi connectivity index (χ1v) is 7.30. The highest BCUT2D eigenvalue weighted by molar-refractivity contribution is 7.19. The molecule has 0 fully saturated rings. The molecule has 102 valence electrons. The lowest BCUT2D eigenvalue weighted by Gasteiger charge is -2.09. The number of thiazole rings is 1. The van der Waals surface area contributed by atoms with Crippen LogP contribution in [0.4, 0.5) is 5.13 Å². The van der Waals surface area contributed by atoms with Gasteiger partial charge in [0, 0.05) is 7.05 Å². The Morgan fingerprint density at radius 3 is 2.79 bits per heavy atom. The zero-order valence-corrected chi connectivity index (χ0v) is 12.7. The van der Waals surface area contributed by atoms with E-state index in [-0.39, 0.29) is 0 Å². The maximum atomic E-state index is 5.77. The van der Waals surface area contributed by atoms with Crippen LogP contribution in [0.2, 0.25) is 0 Å². The second kappa shape index (κ2) is 6.06. The van der Waals surface area contributed by atoms with E-state index in [9.17, 15) is 0 Å². The standard InChI is InChI=1S/C15H20N2OS/c1-10(2)9-18-13-7-5-6-12(8-13)14-11(3)17-15(16-4)19-14/h5-8,10H,9H2,1-4H3,(H,16,17). The van der Waals surface area contributed by atoms with Gasteiger partial charge < -0.3 is 10.1 Å². The molecule has 1 N–H and O–H groups in total. The number of anilines is 1. The lowest BCUT2D eigenvalue weighted by Crippen LogP contribution is -2.04. The van der Waals surface area contributed by atoms with Gasteiger partial charge >= 0.3 is 0 Å². The average molecular weight is 276 g/mol. The van der Waals surface area contributed by atoms with Gasteiger partial charge in [0.05, 0.1) is 17.2 Å². The Kier molecular flexibility index (Phi) is 4.43. The molecule has 0 aliphatic rings. The normalized spacial score (nSPS) is 10.8. The third-order valence-corrected chi connectivity index (χ3v) is 3.91. The molecule has 0 aliphatic carbocycles. The summed E-state index contributed by atoms with van der Waals surface area (Å²) >= 11 is 1.67. The van der Waals surface area contributed by atoms with E-state index in [1.54, 1.807) is 11.3 Å². The van der Waals surface area contributed by atoms with Crippen molar-refractivity contribution in [1.82, 2.24) is 4.98 Å². The molecule has 0 saturated heterocycles. The Labute approximate surface area is 118 Å². The fourth-order valence-electron chi connectivity index (χ4n) is 1.76. The minimum absolute atomic E-state index is 0.532. The molecule has 0 aliphatic heterocycles. The van der Waals surface area contributed by atoms with Crippen molar-refractivity contribution in [2.24, 2.45) is 5.92 Å². The predicted octanol–water partition coefficient (Wildman–Crippen LogP) is 4.20. The van der Waals surface area contributed by atoms with Crippen LogP contribution in [0, 0.1) is 12.8 Å². The topological polar surface area (TPSA) is 34.2 Å². The third-order valence-electron chi connectivity index (χ3n) is 2.69. The maximum Gasteiger partial charge on any atom is 0.183 e.